The molecule has 2 saturated carbocycles. The van der Waals surface area contributed by atoms with Crippen molar-refractivity contribution in [3.05, 3.63) is 71.8 Å². The van der Waals surface area contributed by atoms with Gasteiger partial charge in [0.1, 0.15) is 5.78 Å². The van der Waals surface area contributed by atoms with E-state index in [1.165, 1.54) is 36.8 Å². The molecule has 0 unspecified atom stereocenters. The number of hydrogen-bond acceptors (Lipinski definition) is 1. The Hall–Kier alpha value is -1.89. The third-order valence-electron chi connectivity index (χ3n) is 6.80. The van der Waals surface area contributed by atoms with Crippen LogP contribution in [0.1, 0.15) is 74.3 Å². The van der Waals surface area contributed by atoms with Gasteiger partial charge in [0.2, 0.25) is 0 Å². The molecule has 1 heteroatoms. The number of carbonyl (C=O) groups excluding carboxylic acids is 1. The van der Waals surface area contributed by atoms with Gasteiger partial charge < -0.3 is 0 Å². The molecule has 2 aliphatic rings. The standard InChI is InChI=1S/C25H30O/c26-25(23-15-11-21(12-16-23)19-7-3-1-4-8-19)24-17-13-22(14-18-24)20-9-5-2-6-10-20/h1-10,21-24H,11-18H2. The zero-order valence-electron chi connectivity index (χ0n) is 15.6. The first kappa shape index (κ1) is 17.5. The Kier molecular flexibility index (Phi) is 5.53. The molecule has 0 aromatic heterocycles. The summed E-state index contributed by atoms with van der Waals surface area (Å²) in [5.41, 5.74) is 2.92. The van der Waals surface area contributed by atoms with Crippen LogP contribution in [0.5, 0.6) is 0 Å². The molecule has 0 saturated heterocycles. The summed E-state index contributed by atoms with van der Waals surface area (Å²) in [7, 11) is 0. The van der Waals surface area contributed by atoms with Gasteiger partial charge in [0.05, 0.1) is 0 Å². The quantitative estimate of drug-likeness (QED) is 0.617. The fourth-order valence-corrected chi connectivity index (χ4v) is 5.21. The van der Waals surface area contributed by atoms with Crippen molar-refractivity contribution in [1.82, 2.24) is 0 Å². The Morgan fingerprint density at radius 3 is 1.23 bits per heavy atom. The van der Waals surface area contributed by atoms with Gasteiger partial charge in [-0.1, -0.05) is 60.7 Å². The normalized spacial score (nSPS) is 29.2. The van der Waals surface area contributed by atoms with Crippen molar-refractivity contribution in [3.63, 3.8) is 0 Å². The van der Waals surface area contributed by atoms with Crippen LogP contribution >= 0.6 is 0 Å². The van der Waals surface area contributed by atoms with Crippen LogP contribution < -0.4 is 0 Å². The number of carbonyl (C=O) groups is 1. The van der Waals surface area contributed by atoms with E-state index in [-0.39, 0.29) is 0 Å². The zero-order valence-corrected chi connectivity index (χ0v) is 15.6. The highest BCUT2D eigenvalue weighted by atomic mass is 16.1. The summed E-state index contributed by atoms with van der Waals surface area (Å²) < 4.78 is 0. The Labute approximate surface area is 157 Å². The minimum absolute atomic E-state index is 0.327. The van der Waals surface area contributed by atoms with Crippen molar-refractivity contribution in [1.29, 1.82) is 0 Å². The average molecular weight is 347 g/mol. The van der Waals surface area contributed by atoms with E-state index >= 15 is 0 Å². The molecule has 0 aliphatic heterocycles. The maximum atomic E-state index is 13.0. The molecule has 0 atom stereocenters. The third-order valence-corrected chi connectivity index (χ3v) is 6.80. The summed E-state index contributed by atoms with van der Waals surface area (Å²) in [6.07, 6.45) is 9.10. The maximum absolute atomic E-state index is 13.0. The lowest BCUT2D eigenvalue weighted by Gasteiger charge is -2.33. The minimum Gasteiger partial charge on any atom is -0.299 e. The molecular weight excluding hydrogens is 316 g/mol. The van der Waals surface area contributed by atoms with Crippen LogP contribution in [-0.4, -0.2) is 5.78 Å². The molecule has 2 aliphatic carbocycles. The van der Waals surface area contributed by atoms with Crippen molar-refractivity contribution in [2.45, 2.75) is 63.2 Å². The second kappa shape index (κ2) is 8.20. The Balaban J connectivity index is 1.28. The highest BCUT2D eigenvalue weighted by molar-refractivity contribution is 5.83. The van der Waals surface area contributed by atoms with E-state index in [0.29, 0.717) is 29.5 Å². The molecule has 26 heavy (non-hydrogen) atoms. The van der Waals surface area contributed by atoms with Crippen LogP contribution in [0.4, 0.5) is 0 Å². The molecule has 4 rings (SSSR count). The van der Waals surface area contributed by atoms with Crippen molar-refractivity contribution >= 4 is 5.78 Å². The first-order valence-corrected chi connectivity index (χ1v) is 10.4. The Morgan fingerprint density at radius 1 is 0.538 bits per heavy atom. The molecule has 0 N–H and O–H groups in total. The van der Waals surface area contributed by atoms with Gasteiger partial charge in [0.25, 0.3) is 0 Å². The van der Waals surface area contributed by atoms with Crippen LogP contribution in [0.3, 0.4) is 0 Å². The maximum Gasteiger partial charge on any atom is 0.139 e. The number of benzene rings is 2. The monoisotopic (exact) mass is 346 g/mol. The Bertz CT molecular complexity index is 628. The van der Waals surface area contributed by atoms with Crippen molar-refractivity contribution < 1.29 is 4.79 Å². The van der Waals surface area contributed by atoms with Gasteiger partial charge in [0.15, 0.2) is 0 Å². The number of rotatable bonds is 4. The third kappa shape index (κ3) is 3.92. The van der Waals surface area contributed by atoms with E-state index in [0.717, 1.165) is 25.7 Å². The molecule has 136 valence electrons. The molecule has 0 bridgehead atoms. The summed E-state index contributed by atoms with van der Waals surface area (Å²) in [5.74, 6) is 2.56. The fraction of sp³-hybridized carbons (Fsp3) is 0.480. The smallest absolute Gasteiger partial charge is 0.139 e. The van der Waals surface area contributed by atoms with Gasteiger partial charge in [-0.2, -0.15) is 0 Å². The van der Waals surface area contributed by atoms with Gasteiger partial charge in [-0.05, 0) is 74.3 Å². The van der Waals surface area contributed by atoms with Crippen LogP contribution in [0.2, 0.25) is 0 Å². The first-order valence-electron chi connectivity index (χ1n) is 10.4. The van der Waals surface area contributed by atoms with Crippen molar-refractivity contribution in [3.8, 4) is 0 Å². The highest BCUT2D eigenvalue weighted by Gasteiger charge is 2.33. The fourth-order valence-electron chi connectivity index (χ4n) is 5.21. The number of ketones is 1. The summed E-state index contributed by atoms with van der Waals surface area (Å²) in [6, 6.07) is 21.7. The molecule has 0 heterocycles. The van der Waals surface area contributed by atoms with E-state index in [4.69, 9.17) is 0 Å². The lowest BCUT2D eigenvalue weighted by Crippen LogP contribution is -2.29. The second-order valence-electron chi connectivity index (χ2n) is 8.32. The average Bonchev–Trinajstić information content (AvgIpc) is 2.75. The summed E-state index contributed by atoms with van der Waals surface area (Å²) >= 11 is 0. The van der Waals surface area contributed by atoms with Crippen LogP contribution in [0.25, 0.3) is 0 Å². The summed E-state index contributed by atoms with van der Waals surface area (Å²) in [6.45, 7) is 0. The van der Waals surface area contributed by atoms with Gasteiger partial charge in [-0.15, -0.1) is 0 Å². The molecule has 2 aromatic carbocycles. The molecule has 0 spiro atoms. The summed E-state index contributed by atoms with van der Waals surface area (Å²) in [4.78, 5) is 13.0. The van der Waals surface area contributed by atoms with E-state index in [1.807, 2.05) is 0 Å². The van der Waals surface area contributed by atoms with Crippen LogP contribution in [-0.2, 0) is 4.79 Å². The van der Waals surface area contributed by atoms with Crippen molar-refractivity contribution in [2.75, 3.05) is 0 Å². The van der Waals surface area contributed by atoms with Crippen LogP contribution in [0, 0.1) is 11.8 Å². The molecule has 2 fully saturated rings. The zero-order chi connectivity index (χ0) is 17.8. The SMILES string of the molecule is O=C(C1CCC(c2ccccc2)CC1)C1CCC(c2ccccc2)CC1. The topological polar surface area (TPSA) is 17.1 Å². The van der Waals surface area contributed by atoms with E-state index < -0.39 is 0 Å². The van der Waals surface area contributed by atoms with Crippen molar-refractivity contribution in [2.24, 2.45) is 11.8 Å². The Morgan fingerprint density at radius 2 is 0.885 bits per heavy atom. The number of hydrogen-bond donors (Lipinski definition) is 0. The van der Waals surface area contributed by atoms with Gasteiger partial charge >= 0.3 is 0 Å². The highest BCUT2D eigenvalue weighted by Crippen LogP contribution is 2.41. The number of Topliss-reactive ketones (excluding diaryl/α,β-unsaturated/α-hetero) is 1. The first-order chi connectivity index (χ1) is 12.8. The predicted octanol–water partition coefficient (Wildman–Crippen LogP) is 6.50. The van der Waals surface area contributed by atoms with Gasteiger partial charge in [0, 0.05) is 11.8 Å². The lowest BCUT2D eigenvalue weighted by atomic mass is 9.70. The largest absolute Gasteiger partial charge is 0.299 e. The molecule has 0 radical (unpaired) electrons. The molecule has 1 nitrogen and oxygen atoms in total. The molecular formula is C25H30O. The summed E-state index contributed by atoms with van der Waals surface area (Å²) in [5, 5.41) is 0. The minimum atomic E-state index is 0.327. The molecule has 2 aromatic rings. The van der Waals surface area contributed by atoms with E-state index in [1.54, 1.807) is 0 Å². The van der Waals surface area contributed by atoms with Gasteiger partial charge in [-0.25, -0.2) is 0 Å². The van der Waals surface area contributed by atoms with E-state index in [2.05, 4.69) is 60.7 Å². The van der Waals surface area contributed by atoms with E-state index in [9.17, 15) is 4.79 Å². The van der Waals surface area contributed by atoms with Gasteiger partial charge in [-0.3, -0.25) is 4.79 Å². The second-order valence-corrected chi connectivity index (χ2v) is 8.32. The lowest BCUT2D eigenvalue weighted by molar-refractivity contribution is -0.128. The predicted molar refractivity (Wildman–Crippen MR) is 107 cm³/mol. The van der Waals surface area contributed by atoms with Crippen LogP contribution in [0.15, 0.2) is 60.7 Å². The molecule has 0 amide bonds.